The van der Waals surface area contributed by atoms with Crippen molar-refractivity contribution >= 4 is 5.97 Å². The highest BCUT2D eigenvalue weighted by atomic mass is 19.4. The smallest absolute Gasteiger partial charge is 0.431 e. The van der Waals surface area contributed by atoms with Crippen LogP contribution in [-0.4, -0.2) is 41.9 Å². The second-order valence-electron chi connectivity index (χ2n) is 4.93. The molecule has 0 radical (unpaired) electrons. The van der Waals surface area contributed by atoms with Gasteiger partial charge >= 0.3 is 41.9 Å². The van der Waals surface area contributed by atoms with Crippen LogP contribution < -0.4 is 0 Å². The summed E-state index contributed by atoms with van der Waals surface area (Å²) in [4.78, 5) is 11.0. The molecule has 0 N–H and O–H groups in total. The predicted molar refractivity (Wildman–Crippen MR) is 56.3 cm³/mol. The van der Waals surface area contributed by atoms with Gasteiger partial charge < -0.3 is 4.74 Å². The molecule has 0 aliphatic carbocycles. The van der Waals surface area contributed by atoms with E-state index in [9.17, 15) is 61.9 Å². The Morgan fingerprint density at radius 2 is 1.08 bits per heavy atom. The first-order valence-corrected chi connectivity index (χ1v) is 5.88. The molecule has 0 amide bonds. The van der Waals surface area contributed by atoms with E-state index in [-0.39, 0.29) is 0 Å². The summed E-state index contributed by atoms with van der Waals surface area (Å²) in [7, 11) is 0. The zero-order valence-corrected chi connectivity index (χ0v) is 12.1. The van der Waals surface area contributed by atoms with Gasteiger partial charge in [-0.15, -0.1) is 0 Å². The van der Waals surface area contributed by atoms with Crippen molar-refractivity contribution in [1.82, 2.24) is 0 Å². The van der Waals surface area contributed by atoms with Crippen LogP contribution in [0.5, 0.6) is 0 Å². The average molecular weight is 418 g/mol. The fourth-order valence-corrected chi connectivity index (χ4v) is 1.50. The van der Waals surface area contributed by atoms with E-state index in [1.165, 1.54) is 0 Å². The number of halogens is 13. The number of ether oxygens (including phenoxy) is 1. The van der Waals surface area contributed by atoms with Crippen LogP contribution in [0.3, 0.4) is 0 Å². The van der Waals surface area contributed by atoms with Crippen LogP contribution in [0.4, 0.5) is 57.1 Å². The maximum absolute atomic E-state index is 13.7. The lowest BCUT2D eigenvalue weighted by atomic mass is 9.88. The molecule has 0 aromatic rings. The Bertz CT molecular complexity index is 538. The normalized spacial score (nSPS) is 15.0. The quantitative estimate of drug-likeness (QED) is 0.349. The number of esters is 1. The van der Waals surface area contributed by atoms with E-state index < -0.39 is 53.9 Å². The van der Waals surface area contributed by atoms with Crippen molar-refractivity contribution in [3.63, 3.8) is 0 Å². The summed E-state index contributed by atoms with van der Waals surface area (Å²) in [6, 6.07) is 0. The van der Waals surface area contributed by atoms with Crippen LogP contribution in [0.15, 0.2) is 12.2 Å². The van der Waals surface area contributed by atoms with Crippen molar-refractivity contribution in [2.75, 3.05) is 0 Å². The van der Waals surface area contributed by atoms with Crippen LogP contribution in [-0.2, 0) is 9.53 Å². The van der Waals surface area contributed by atoms with Gasteiger partial charge in [-0.3, -0.25) is 0 Å². The van der Waals surface area contributed by atoms with Crippen LogP contribution in [0.2, 0.25) is 0 Å². The molecule has 0 aliphatic heterocycles. The molecular weight excluding hydrogens is 411 g/mol. The van der Waals surface area contributed by atoms with E-state index in [0.717, 1.165) is 0 Å². The molecule has 154 valence electrons. The van der Waals surface area contributed by atoms with Crippen LogP contribution in [0.25, 0.3) is 0 Å². The zero-order chi connectivity index (χ0) is 21.6. The first-order chi connectivity index (χ1) is 11.0. The van der Waals surface area contributed by atoms with Gasteiger partial charge in [0.05, 0.1) is 6.42 Å². The predicted octanol–water partition coefficient (Wildman–Crippen LogP) is 5.19. The summed E-state index contributed by atoms with van der Waals surface area (Å²) in [5, 5.41) is 0. The molecule has 0 aliphatic rings. The maximum Gasteiger partial charge on any atom is 0.453 e. The third kappa shape index (κ3) is 4.16. The summed E-state index contributed by atoms with van der Waals surface area (Å²) in [6.45, 7) is 2.94. The summed E-state index contributed by atoms with van der Waals surface area (Å²) >= 11 is 0. The van der Waals surface area contributed by atoms with E-state index in [1.807, 2.05) is 0 Å². The molecular formula is C11H7F13O2. The molecule has 0 saturated carbocycles. The van der Waals surface area contributed by atoms with Gasteiger partial charge in [-0.1, -0.05) is 6.58 Å². The number of rotatable bonds is 5. The minimum atomic E-state index is -7.32. The monoisotopic (exact) mass is 418 g/mol. The molecule has 15 heteroatoms. The molecule has 0 saturated heterocycles. The molecule has 2 nitrogen and oxygen atoms in total. The standard InChI is InChI=1S/C11H7F13O2/c1-4(2)5(25)26-8(10(19,20)21,11(22,23)24)6(12,13)3-7(14,15)9(16,17)18/h1,3H2,2H3. The van der Waals surface area contributed by atoms with Crippen molar-refractivity contribution in [1.29, 1.82) is 0 Å². The Morgan fingerprint density at radius 1 is 0.731 bits per heavy atom. The van der Waals surface area contributed by atoms with E-state index in [4.69, 9.17) is 0 Å². The Morgan fingerprint density at radius 3 is 1.31 bits per heavy atom. The Hall–Kier alpha value is -1.70. The number of hydrogen-bond acceptors (Lipinski definition) is 2. The Balaban J connectivity index is 6.65. The minimum absolute atomic E-state index is 0.419. The van der Waals surface area contributed by atoms with Crippen molar-refractivity contribution in [3.05, 3.63) is 12.2 Å². The third-order valence-corrected chi connectivity index (χ3v) is 2.77. The number of hydrogen-bond donors (Lipinski definition) is 0. The van der Waals surface area contributed by atoms with Crippen molar-refractivity contribution in [2.24, 2.45) is 0 Å². The highest BCUT2D eigenvalue weighted by Gasteiger charge is 2.87. The lowest BCUT2D eigenvalue weighted by molar-refractivity contribution is -0.431. The van der Waals surface area contributed by atoms with Crippen LogP contribution in [0, 0.1) is 0 Å². The molecule has 26 heavy (non-hydrogen) atoms. The van der Waals surface area contributed by atoms with Crippen molar-refractivity contribution < 1.29 is 66.6 Å². The van der Waals surface area contributed by atoms with Gasteiger partial charge in [0.1, 0.15) is 0 Å². The highest BCUT2D eigenvalue weighted by Crippen LogP contribution is 2.58. The topological polar surface area (TPSA) is 26.3 Å². The summed E-state index contributed by atoms with van der Waals surface area (Å²) < 4.78 is 168. The van der Waals surface area contributed by atoms with Crippen molar-refractivity contribution in [3.8, 4) is 0 Å². The first-order valence-electron chi connectivity index (χ1n) is 5.88. The fraction of sp³-hybridized carbons (Fsp3) is 0.727. The molecule has 0 atom stereocenters. The second-order valence-corrected chi connectivity index (χ2v) is 4.93. The van der Waals surface area contributed by atoms with E-state index in [2.05, 4.69) is 11.3 Å². The molecule has 0 bridgehead atoms. The van der Waals surface area contributed by atoms with Gasteiger partial charge in [-0.25, -0.2) is 13.6 Å². The summed E-state index contributed by atoms with van der Waals surface area (Å²) in [6.07, 6.45) is -25.8. The second kappa shape index (κ2) is 6.48. The third-order valence-electron chi connectivity index (χ3n) is 2.77. The Kier molecular flexibility index (Phi) is 6.05. The van der Waals surface area contributed by atoms with Gasteiger partial charge in [-0.05, 0) is 6.92 Å². The van der Waals surface area contributed by atoms with Gasteiger partial charge in [0.15, 0.2) is 0 Å². The largest absolute Gasteiger partial charge is 0.453 e. The molecule has 0 aromatic heterocycles. The van der Waals surface area contributed by atoms with Gasteiger partial charge in [-0.2, -0.15) is 48.3 Å². The van der Waals surface area contributed by atoms with Gasteiger partial charge in [0.2, 0.25) is 0 Å². The highest BCUT2D eigenvalue weighted by molar-refractivity contribution is 5.87. The molecule has 0 heterocycles. The van der Waals surface area contributed by atoms with Crippen molar-refractivity contribution in [2.45, 2.75) is 49.3 Å². The first kappa shape index (κ1) is 24.3. The molecule has 0 aromatic carbocycles. The molecule has 0 rings (SSSR count). The summed E-state index contributed by atoms with van der Waals surface area (Å²) in [5.74, 6) is -16.4. The number of alkyl halides is 13. The number of carbonyl (C=O) groups excluding carboxylic acids is 1. The maximum atomic E-state index is 13.7. The lowest BCUT2D eigenvalue weighted by Crippen LogP contribution is -2.71. The summed E-state index contributed by atoms with van der Waals surface area (Å²) in [5.41, 5.74) is -8.26. The van der Waals surface area contributed by atoms with E-state index in [0.29, 0.717) is 6.92 Å². The number of carbonyl (C=O) groups is 1. The minimum Gasteiger partial charge on any atom is -0.431 e. The van der Waals surface area contributed by atoms with Crippen LogP contribution >= 0.6 is 0 Å². The van der Waals surface area contributed by atoms with Crippen LogP contribution in [0.1, 0.15) is 13.3 Å². The SMILES string of the molecule is C=C(C)C(=O)OC(C(F)(F)F)(C(F)(F)F)C(F)(F)CC(F)(F)C(F)(F)F. The van der Waals surface area contributed by atoms with Gasteiger partial charge in [0.25, 0.3) is 0 Å². The van der Waals surface area contributed by atoms with Gasteiger partial charge in [0, 0.05) is 5.57 Å². The average Bonchev–Trinajstić information content (AvgIpc) is 2.28. The molecule has 0 spiro atoms. The zero-order valence-electron chi connectivity index (χ0n) is 12.1. The van der Waals surface area contributed by atoms with E-state index >= 15 is 0 Å². The Labute approximate surface area is 135 Å². The molecule has 0 unspecified atom stereocenters. The molecule has 0 fully saturated rings. The fourth-order valence-electron chi connectivity index (χ4n) is 1.50. The van der Waals surface area contributed by atoms with E-state index in [1.54, 1.807) is 0 Å². The lowest BCUT2D eigenvalue weighted by Gasteiger charge is -2.42.